The van der Waals surface area contributed by atoms with E-state index in [1.165, 1.54) is 18.4 Å². The van der Waals surface area contributed by atoms with Crippen molar-refractivity contribution in [2.45, 2.75) is 44.7 Å². The van der Waals surface area contributed by atoms with Gasteiger partial charge in [0, 0.05) is 18.2 Å². The van der Waals surface area contributed by atoms with Crippen LogP contribution in [0.4, 0.5) is 0 Å². The van der Waals surface area contributed by atoms with Crippen molar-refractivity contribution in [3.8, 4) is 5.75 Å². The third kappa shape index (κ3) is 3.05. The summed E-state index contributed by atoms with van der Waals surface area (Å²) in [5, 5.41) is 0. The molecule has 1 saturated heterocycles. The first-order valence-electron chi connectivity index (χ1n) is 10.2. The van der Waals surface area contributed by atoms with Crippen LogP contribution in [-0.2, 0) is 0 Å². The van der Waals surface area contributed by atoms with Crippen LogP contribution in [0.15, 0.2) is 48.8 Å². The Morgan fingerprint density at radius 1 is 1.14 bits per heavy atom. The van der Waals surface area contributed by atoms with E-state index in [0.29, 0.717) is 12.6 Å². The monoisotopic (exact) mass is 375 g/mol. The number of fused-ring (bicyclic) bond motifs is 1. The first kappa shape index (κ1) is 17.3. The number of hydrogen-bond donors (Lipinski definition) is 0. The maximum atomic E-state index is 13.3. The minimum atomic E-state index is 0.0965. The van der Waals surface area contributed by atoms with Gasteiger partial charge in [0.1, 0.15) is 5.75 Å². The summed E-state index contributed by atoms with van der Waals surface area (Å²) in [6.07, 6.45) is 6.39. The van der Waals surface area contributed by atoms with E-state index < -0.39 is 0 Å². The van der Waals surface area contributed by atoms with Crippen molar-refractivity contribution in [1.82, 2.24) is 14.5 Å². The molecule has 1 saturated carbocycles. The molecule has 1 aromatic heterocycles. The van der Waals surface area contributed by atoms with E-state index in [4.69, 9.17) is 4.74 Å². The second-order valence-corrected chi connectivity index (χ2v) is 7.75. The van der Waals surface area contributed by atoms with Gasteiger partial charge >= 0.3 is 0 Å². The van der Waals surface area contributed by atoms with Gasteiger partial charge in [-0.1, -0.05) is 12.1 Å². The maximum absolute atomic E-state index is 13.3. The van der Waals surface area contributed by atoms with Gasteiger partial charge in [0.15, 0.2) is 0 Å². The van der Waals surface area contributed by atoms with Gasteiger partial charge in [-0.3, -0.25) is 4.79 Å². The molecule has 28 heavy (non-hydrogen) atoms. The van der Waals surface area contributed by atoms with Crippen molar-refractivity contribution < 1.29 is 9.53 Å². The number of aromatic nitrogens is 2. The zero-order valence-electron chi connectivity index (χ0n) is 16.2. The smallest absolute Gasteiger partial charge is 0.254 e. The summed E-state index contributed by atoms with van der Waals surface area (Å²) in [6, 6.07) is 14.8. The normalized spacial score (nSPS) is 19.3. The molecule has 0 N–H and O–H groups in total. The van der Waals surface area contributed by atoms with Gasteiger partial charge in [-0.2, -0.15) is 0 Å². The lowest BCUT2D eigenvalue weighted by Gasteiger charge is -2.25. The van der Waals surface area contributed by atoms with Crippen molar-refractivity contribution in [2.24, 2.45) is 0 Å². The Labute approximate surface area is 164 Å². The first-order chi connectivity index (χ1) is 13.7. The fourth-order valence-electron chi connectivity index (χ4n) is 4.28. The zero-order chi connectivity index (χ0) is 19.1. The van der Waals surface area contributed by atoms with Gasteiger partial charge in [-0.05, 0) is 68.5 Å². The lowest BCUT2D eigenvalue weighted by Crippen LogP contribution is -2.30. The van der Waals surface area contributed by atoms with Gasteiger partial charge in [0.05, 0.1) is 30.0 Å². The molecule has 1 amide bonds. The molecule has 0 bridgehead atoms. The molecule has 0 unspecified atom stereocenters. The molecule has 144 valence electrons. The molecule has 1 aliphatic heterocycles. The number of carbonyl (C=O) groups is 1. The van der Waals surface area contributed by atoms with E-state index in [-0.39, 0.29) is 11.9 Å². The number of hydrogen-bond acceptors (Lipinski definition) is 3. The van der Waals surface area contributed by atoms with Gasteiger partial charge in [-0.15, -0.1) is 0 Å². The van der Waals surface area contributed by atoms with E-state index in [2.05, 4.69) is 27.8 Å². The Kier molecular flexibility index (Phi) is 4.30. The van der Waals surface area contributed by atoms with E-state index in [1.807, 2.05) is 42.4 Å². The molecule has 5 heteroatoms. The molecular formula is C23H25N3O2. The van der Waals surface area contributed by atoms with E-state index in [1.54, 1.807) is 0 Å². The summed E-state index contributed by atoms with van der Waals surface area (Å²) in [5.41, 5.74) is 3.94. The largest absolute Gasteiger partial charge is 0.494 e. The lowest BCUT2D eigenvalue weighted by atomic mass is 10.0. The summed E-state index contributed by atoms with van der Waals surface area (Å²) in [5.74, 6) is 0.970. The minimum absolute atomic E-state index is 0.0965. The molecule has 2 aliphatic rings. The van der Waals surface area contributed by atoms with Crippen LogP contribution in [0.2, 0.25) is 0 Å². The summed E-state index contributed by atoms with van der Waals surface area (Å²) in [7, 11) is 0. The van der Waals surface area contributed by atoms with Crippen molar-refractivity contribution >= 4 is 16.9 Å². The molecule has 0 spiro atoms. The number of amides is 1. The quantitative estimate of drug-likeness (QED) is 0.647. The highest BCUT2D eigenvalue weighted by atomic mass is 16.5. The third-order valence-corrected chi connectivity index (χ3v) is 5.85. The Bertz CT molecular complexity index is 1000. The summed E-state index contributed by atoms with van der Waals surface area (Å²) in [4.78, 5) is 19.8. The van der Waals surface area contributed by atoms with E-state index in [9.17, 15) is 4.79 Å². The Balaban J connectivity index is 1.39. The van der Waals surface area contributed by atoms with Gasteiger partial charge in [0.25, 0.3) is 5.91 Å². The number of ether oxygens (including phenoxy) is 1. The predicted molar refractivity (Wildman–Crippen MR) is 109 cm³/mol. The van der Waals surface area contributed by atoms with Crippen molar-refractivity contribution in [1.29, 1.82) is 0 Å². The van der Waals surface area contributed by atoms with Gasteiger partial charge in [0.2, 0.25) is 0 Å². The first-order valence-corrected chi connectivity index (χ1v) is 10.2. The molecule has 0 radical (unpaired) electrons. The second-order valence-electron chi connectivity index (χ2n) is 7.75. The number of likely N-dealkylation sites (tertiary alicyclic amines) is 1. The van der Waals surface area contributed by atoms with Crippen LogP contribution in [0.3, 0.4) is 0 Å². The number of imidazole rings is 1. The summed E-state index contributed by atoms with van der Waals surface area (Å²) in [6.45, 7) is 3.44. The Hall–Kier alpha value is -2.82. The predicted octanol–water partition coefficient (Wildman–Crippen LogP) is 4.75. The standard InChI is InChI=1S/C23H25N3O2/c1-2-28-19-10-5-16(6-11-19)21-4-3-13-25(21)23(27)17-7-12-22-20(14-17)24-15-26(22)18-8-9-18/h5-7,10-12,14-15,18,21H,2-4,8-9,13H2,1H3/t21-/m0/s1. The molecule has 5 rings (SSSR count). The topological polar surface area (TPSA) is 47.4 Å². The fourth-order valence-corrected chi connectivity index (χ4v) is 4.28. The number of nitrogens with zero attached hydrogens (tertiary/aromatic N) is 3. The zero-order valence-corrected chi connectivity index (χ0v) is 16.2. The lowest BCUT2D eigenvalue weighted by molar-refractivity contribution is 0.0736. The number of benzene rings is 2. The highest BCUT2D eigenvalue weighted by molar-refractivity contribution is 5.97. The molecular weight excluding hydrogens is 350 g/mol. The van der Waals surface area contributed by atoms with E-state index >= 15 is 0 Å². The SMILES string of the molecule is CCOc1ccc([C@@H]2CCCN2C(=O)c2ccc3c(c2)ncn3C2CC2)cc1. The molecule has 5 nitrogen and oxygen atoms in total. The third-order valence-electron chi connectivity index (χ3n) is 5.85. The molecule has 2 fully saturated rings. The summed E-state index contributed by atoms with van der Waals surface area (Å²) < 4.78 is 7.78. The van der Waals surface area contributed by atoms with E-state index in [0.717, 1.165) is 41.7 Å². The van der Waals surface area contributed by atoms with Crippen molar-refractivity contribution in [2.75, 3.05) is 13.2 Å². The Morgan fingerprint density at radius 2 is 1.96 bits per heavy atom. The molecule has 2 aromatic carbocycles. The minimum Gasteiger partial charge on any atom is -0.494 e. The van der Waals surface area contributed by atoms with Crippen LogP contribution in [0.1, 0.15) is 60.6 Å². The molecule has 3 aromatic rings. The maximum Gasteiger partial charge on any atom is 0.254 e. The van der Waals surface area contributed by atoms with Crippen LogP contribution >= 0.6 is 0 Å². The van der Waals surface area contributed by atoms with Crippen LogP contribution in [0.25, 0.3) is 11.0 Å². The average Bonchev–Trinajstić information content (AvgIpc) is 3.29. The average molecular weight is 375 g/mol. The van der Waals surface area contributed by atoms with Gasteiger partial charge in [-0.25, -0.2) is 4.98 Å². The fraction of sp³-hybridized carbons (Fsp3) is 0.391. The van der Waals surface area contributed by atoms with Gasteiger partial charge < -0.3 is 14.2 Å². The van der Waals surface area contributed by atoms with Crippen molar-refractivity contribution in [3.05, 3.63) is 59.9 Å². The van der Waals surface area contributed by atoms with Crippen LogP contribution in [-0.4, -0.2) is 33.5 Å². The number of rotatable bonds is 5. The summed E-state index contributed by atoms with van der Waals surface area (Å²) >= 11 is 0. The van der Waals surface area contributed by atoms with Crippen LogP contribution in [0, 0.1) is 0 Å². The second kappa shape index (κ2) is 6.97. The van der Waals surface area contributed by atoms with Crippen molar-refractivity contribution in [3.63, 3.8) is 0 Å². The molecule has 2 heterocycles. The van der Waals surface area contributed by atoms with Crippen LogP contribution in [0.5, 0.6) is 5.75 Å². The van der Waals surface area contributed by atoms with Crippen LogP contribution < -0.4 is 4.74 Å². The Morgan fingerprint density at radius 3 is 2.71 bits per heavy atom. The molecule has 1 atom stereocenters. The highest BCUT2D eigenvalue weighted by Crippen LogP contribution is 2.38. The number of carbonyl (C=O) groups excluding carboxylic acids is 1. The highest BCUT2D eigenvalue weighted by Gasteiger charge is 2.31. The molecule has 1 aliphatic carbocycles.